The highest BCUT2D eigenvalue weighted by Crippen LogP contribution is 2.36. The molecule has 1 aliphatic rings. The van der Waals surface area contributed by atoms with E-state index in [2.05, 4.69) is 15.6 Å². The third-order valence-corrected chi connectivity index (χ3v) is 6.86. The maximum Gasteiger partial charge on any atom is 0.253 e. The fourth-order valence-electron chi connectivity index (χ4n) is 4.53. The van der Waals surface area contributed by atoms with Crippen LogP contribution in [0.15, 0.2) is 71.9 Å². The van der Waals surface area contributed by atoms with Crippen LogP contribution in [0.1, 0.15) is 27.0 Å². The molecule has 0 atom stereocenters. The molecule has 0 aliphatic carbocycles. The van der Waals surface area contributed by atoms with E-state index in [0.717, 1.165) is 16.8 Å². The smallest absolute Gasteiger partial charge is 0.253 e. The molecule has 10 heteroatoms. The highest BCUT2D eigenvalue weighted by Gasteiger charge is 2.25. The Hall–Kier alpha value is -4.34. The van der Waals surface area contributed by atoms with Gasteiger partial charge in [-0.1, -0.05) is 23.7 Å². The SMILES string of the molecule is CNCCN(C)C(=O)c1ccc(Nc2ncc3c(n2)-c2ccc(Cl)cc2C(c2c(F)cccc2OC)=NC3)cc1. The maximum atomic E-state index is 15.1. The van der Waals surface area contributed by atoms with Crippen molar-refractivity contribution in [3.8, 4) is 17.0 Å². The van der Waals surface area contributed by atoms with Gasteiger partial charge in [-0.25, -0.2) is 14.4 Å². The average molecular weight is 559 g/mol. The van der Waals surface area contributed by atoms with Gasteiger partial charge in [0.1, 0.15) is 11.6 Å². The topological polar surface area (TPSA) is 91.7 Å². The van der Waals surface area contributed by atoms with Crippen LogP contribution in [0.3, 0.4) is 0 Å². The summed E-state index contributed by atoms with van der Waals surface area (Å²) in [7, 11) is 5.12. The molecule has 204 valence electrons. The molecule has 1 amide bonds. The van der Waals surface area contributed by atoms with Crippen molar-refractivity contribution in [1.82, 2.24) is 20.2 Å². The standard InChI is InChI=1S/C30H28ClFN6O2/c1-33-13-14-38(2)29(39)18-7-10-21(11-8-18)36-30-35-17-19-16-34-28(26-24(32)5-4-6-25(26)40-3)23-15-20(31)9-12-22(23)27(19)37-30/h4-12,15,17,33H,13-14,16H2,1-3H3,(H,35,36,37). The Kier molecular flexibility index (Phi) is 8.04. The molecule has 0 bridgehead atoms. The first-order valence-corrected chi connectivity index (χ1v) is 13.1. The van der Waals surface area contributed by atoms with Crippen LogP contribution in [0.4, 0.5) is 16.0 Å². The zero-order valence-electron chi connectivity index (χ0n) is 22.3. The first kappa shape index (κ1) is 27.2. The number of halogens is 2. The number of methoxy groups -OCH3 is 1. The van der Waals surface area contributed by atoms with Crippen LogP contribution in [-0.4, -0.2) is 60.8 Å². The minimum Gasteiger partial charge on any atom is -0.496 e. The number of aromatic nitrogens is 2. The molecule has 0 saturated carbocycles. The molecule has 0 radical (unpaired) electrons. The van der Waals surface area contributed by atoms with Crippen LogP contribution < -0.4 is 15.4 Å². The lowest BCUT2D eigenvalue weighted by atomic mass is 9.94. The molecule has 2 heterocycles. The average Bonchev–Trinajstić information content (AvgIpc) is 3.12. The number of nitrogens with one attached hydrogen (secondary N) is 2. The molecule has 2 N–H and O–H groups in total. The molecule has 3 aromatic carbocycles. The number of nitrogens with zero attached hydrogens (tertiary/aromatic N) is 4. The van der Waals surface area contributed by atoms with Gasteiger partial charge in [-0.15, -0.1) is 0 Å². The molecule has 0 fully saturated rings. The molecule has 5 rings (SSSR count). The van der Waals surface area contributed by atoms with E-state index in [-0.39, 0.29) is 18.0 Å². The number of likely N-dealkylation sites (N-methyl/N-ethyl adjacent to an activating group) is 2. The van der Waals surface area contributed by atoms with Crippen LogP contribution in [0, 0.1) is 5.82 Å². The van der Waals surface area contributed by atoms with E-state index in [1.807, 2.05) is 25.2 Å². The fraction of sp³-hybridized carbons (Fsp3) is 0.200. The Morgan fingerprint density at radius 1 is 1.12 bits per heavy atom. The third kappa shape index (κ3) is 5.52. The highest BCUT2D eigenvalue weighted by molar-refractivity contribution is 6.31. The van der Waals surface area contributed by atoms with Crippen LogP contribution >= 0.6 is 11.6 Å². The molecule has 4 aromatic rings. The summed E-state index contributed by atoms with van der Waals surface area (Å²) >= 11 is 6.39. The van der Waals surface area contributed by atoms with Crippen LogP contribution in [0.25, 0.3) is 11.3 Å². The number of anilines is 2. The van der Waals surface area contributed by atoms with E-state index in [1.54, 1.807) is 54.5 Å². The van der Waals surface area contributed by atoms with E-state index in [4.69, 9.17) is 26.3 Å². The number of rotatable bonds is 8. The summed E-state index contributed by atoms with van der Waals surface area (Å²) in [5.74, 6) is 0.246. The number of fused-ring (bicyclic) bond motifs is 3. The summed E-state index contributed by atoms with van der Waals surface area (Å²) in [5.41, 5.74) is 4.85. The van der Waals surface area contributed by atoms with E-state index in [0.29, 0.717) is 52.3 Å². The lowest BCUT2D eigenvalue weighted by molar-refractivity contribution is 0.0797. The van der Waals surface area contributed by atoms with Crippen molar-refractivity contribution in [1.29, 1.82) is 0 Å². The number of benzene rings is 3. The Balaban J connectivity index is 1.47. The van der Waals surface area contributed by atoms with E-state index < -0.39 is 5.82 Å². The van der Waals surface area contributed by atoms with Crippen molar-refractivity contribution in [2.45, 2.75) is 6.54 Å². The second kappa shape index (κ2) is 11.8. The Bertz CT molecular complexity index is 1590. The van der Waals surface area contributed by atoms with Crippen LogP contribution in [-0.2, 0) is 6.54 Å². The fourth-order valence-corrected chi connectivity index (χ4v) is 4.70. The Morgan fingerprint density at radius 3 is 2.67 bits per heavy atom. The van der Waals surface area contributed by atoms with Gasteiger partial charge >= 0.3 is 0 Å². The molecule has 8 nitrogen and oxygen atoms in total. The van der Waals surface area contributed by atoms with Crippen LogP contribution in [0.5, 0.6) is 5.75 Å². The summed E-state index contributed by atoms with van der Waals surface area (Å²) in [5, 5.41) is 6.75. The predicted molar refractivity (Wildman–Crippen MR) is 155 cm³/mol. The van der Waals surface area contributed by atoms with Crippen molar-refractivity contribution < 1.29 is 13.9 Å². The highest BCUT2D eigenvalue weighted by atomic mass is 35.5. The summed E-state index contributed by atoms with van der Waals surface area (Å²) in [6.07, 6.45) is 1.71. The normalized spacial score (nSPS) is 12.1. The van der Waals surface area contributed by atoms with Gasteiger partial charge in [-0.2, -0.15) is 0 Å². The Morgan fingerprint density at radius 2 is 1.93 bits per heavy atom. The Labute approximate surface area is 236 Å². The van der Waals surface area contributed by atoms with E-state index >= 15 is 4.39 Å². The van der Waals surface area contributed by atoms with Crippen molar-refractivity contribution in [2.24, 2.45) is 4.99 Å². The van der Waals surface area contributed by atoms with Gasteiger partial charge < -0.3 is 20.3 Å². The molecule has 1 aromatic heterocycles. The maximum absolute atomic E-state index is 15.1. The summed E-state index contributed by atoms with van der Waals surface area (Å²) in [6.45, 7) is 1.57. The van der Waals surface area contributed by atoms with Crippen molar-refractivity contribution in [3.63, 3.8) is 0 Å². The first-order chi connectivity index (χ1) is 19.4. The number of hydrogen-bond acceptors (Lipinski definition) is 7. The number of hydrogen-bond donors (Lipinski definition) is 2. The second-order valence-electron chi connectivity index (χ2n) is 9.27. The van der Waals surface area contributed by atoms with Gasteiger partial charge in [0.25, 0.3) is 5.91 Å². The molecule has 40 heavy (non-hydrogen) atoms. The van der Waals surface area contributed by atoms with E-state index in [1.165, 1.54) is 13.2 Å². The van der Waals surface area contributed by atoms with Gasteiger partial charge in [-0.3, -0.25) is 9.79 Å². The van der Waals surface area contributed by atoms with Gasteiger partial charge in [0.2, 0.25) is 5.95 Å². The van der Waals surface area contributed by atoms with Crippen LogP contribution in [0.2, 0.25) is 5.02 Å². The lowest BCUT2D eigenvalue weighted by Gasteiger charge is -2.17. The zero-order chi connectivity index (χ0) is 28.2. The molecule has 0 saturated heterocycles. The van der Waals surface area contributed by atoms with Gasteiger partial charge in [0, 0.05) is 59.3 Å². The quantitative estimate of drug-likeness (QED) is 0.304. The molecule has 0 unspecified atom stereocenters. The predicted octanol–water partition coefficient (Wildman–Crippen LogP) is 5.33. The lowest BCUT2D eigenvalue weighted by Crippen LogP contribution is -2.32. The molecular formula is C30H28ClFN6O2. The first-order valence-electron chi connectivity index (χ1n) is 12.7. The number of carbonyl (C=O) groups is 1. The minimum absolute atomic E-state index is 0.0550. The summed E-state index contributed by atoms with van der Waals surface area (Å²) in [6, 6.07) is 17.2. The second-order valence-corrected chi connectivity index (χ2v) is 9.71. The number of aliphatic imine (C=N–C) groups is 1. The number of amides is 1. The van der Waals surface area contributed by atoms with Gasteiger partial charge in [0.15, 0.2) is 0 Å². The monoisotopic (exact) mass is 558 g/mol. The van der Waals surface area contributed by atoms with Crippen molar-refractivity contribution in [3.05, 3.63) is 100.0 Å². The summed E-state index contributed by atoms with van der Waals surface area (Å²) in [4.78, 5) is 28.4. The minimum atomic E-state index is -0.446. The zero-order valence-corrected chi connectivity index (χ0v) is 23.1. The number of ether oxygens (including phenoxy) is 1. The van der Waals surface area contributed by atoms with Crippen molar-refractivity contribution in [2.75, 3.05) is 39.6 Å². The van der Waals surface area contributed by atoms with Crippen molar-refractivity contribution >= 4 is 34.9 Å². The number of carbonyl (C=O) groups excluding carboxylic acids is 1. The largest absolute Gasteiger partial charge is 0.496 e. The third-order valence-electron chi connectivity index (χ3n) is 6.63. The summed E-state index contributed by atoms with van der Waals surface area (Å²) < 4.78 is 20.6. The van der Waals surface area contributed by atoms with Gasteiger partial charge in [0.05, 0.1) is 30.6 Å². The van der Waals surface area contributed by atoms with E-state index in [9.17, 15) is 4.79 Å². The molecule has 0 spiro atoms. The molecular weight excluding hydrogens is 531 g/mol. The van der Waals surface area contributed by atoms with Gasteiger partial charge in [-0.05, 0) is 55.6 Å². The molecule has 1 aliphatic heterocycles.